The average Bonchev–Trinajstić information content (AvgIpc) is 2.65. The summed E-state index contributed by atoms with van der Waals surface area (Å²) >= 11 is 16.4. The van der Waals surface area contributed by atoms with Crippen molar-refractivity contribution in [2.45, 2.75) is 12.3 Å². The molecule has 0 saturated heterocycles. The molecule has 1 aliphatic rings. The van der Waals surface area contributed by atoms with Crippen LogP contribution in [0.4, 0.5) is 5.69 Å². The number of hydrogen-bond acceptors (Lipinski definition) is 4. The van der Waals surface area contributed by atoms with Crippen LogP contribution in [0.5, 0.6) is 0 Å². The lowest BCUT2D eigenvalue weighted by molar-refractivity contribution is -0.121. The lowest BCUT2D eigenvalue weighted by Gasteiger charge is -2.25. The molecular formula is C20H14BrCl2N3O2S. The van der Waals surface area contributed by atoms with E-state index in [1.807, 2.05) is 24.3 Å². The molecule has 0 saturated carbocycles. The second-order valence-electron chi connectivity index (χ2n) is 6.21. The first kappa shape index (κ1) is 21.7. The van der Waals surface area contributed by atoms with E-state index in [1.54, 1.807) is 18.2 Å². The molecule has 5 nitrogen and oxygen atoms in total. The monoisotopic (exact) mass is 509 g/mol. The minimum atomic E-state index is -0.358. The molecule has 0 aliphatic carbocycles. The number of hydrogen-bond donors (Lipinski definition) is 2. The van der Waals surface area contributed by atoms with Crippen molar-refractivity contribution < 1.29 is 9.59 Å². The molecule has 148 valence electrons. The van der Waals surface area contributed by atoms with Crippen LogP contribution in [0.3, 0.4) is 0 Å². The Kier molecular flexibility index (Phi) is 7.25. The summed E-state index contributed by atoms with van der Waals surface area (Å²) in [6, 6.07) is 14.4. The van der Waals surface area contributed by atoms with E-state index in [1.165, 1.54) is 0 Å². The Morgan fingerprint density at radius 1 is 1.28 bits per heavy atom. The van der Waals surface area contributed by atoms with Crippen molar-refractivity contribution in [3.8, 4) is 6.07 Å². The summed E-state index contributed by atoms with van der Waals surface area (Å²) in [5.41, 5.74) is 1.77. The van der Waals surface area contributed by atoms with Crippen LogP contribution in [0.2, 0.25) is 10.0 Å². The van der Waals surface area contributed by atoms with E-state index < -0.39 is 0 Å². The van der Waals surface area contributed by atoms with Crippen molar-refractivity contribution in [2.24, 2.45) is 0 Å². The van der Waals surface area contributed by atoms with E-state index in [2.05, 4.69) is 32.6 Å². The Morgan fingerprint density at radius 2 is 2.00 bits per heavy atom. The van der Waals surface area contributed by atoms with Crippen LogP contribution in [0, 0.1) is 11.3 Å². The first-order chi connectivity index (χ1) is 13.9. The number of carbonyl (C=O) groups excluding carboxylic acids is 2. The molecular weight excluding hydrogens is 497 g/mol. The van der Waals surface area contributed by atoms with Crippen LogP contribution in [0.15, 0.2) is 57.5 Å². The summed E-state index contributed by atoms with van der Waals surface area (Å²) in [6.45, 7) is 0. The molecule has 1 aliphatic heterocycles. The van der Waals surface area contributed by atoms with Crippen LogP contribution in [0.25, 0.3) is 0 Å². The number of halogens is 3. The molecule has 3 rings (SSSR count). The van der Waals surface area contributed by atoms with Crippen LogP contribution in [-0.4, -0.2) is 17.6 Å². The largest absolute Gasteiger partial charge is 0.325 e. The second-order valence-corrected chi connectivity index (χ2v) is 8.98. The lowest BCUT2D eigenvalue weighted by Crippen LogP contribution is -2.31. The highest BCUT2D eigenvalue weighted by atomic mass is 79.9. The Balaban J connectivity index is 1.76. The van der Waals surface area contributed by atoms with Gasteiger partial charge in [-0.2, -0.15) is 5.26 Å². The predicted molar refractivity (Wildman–Crippen MR) is 120 cm³/mol. The summed E-state index contributed by atoms with van der Waals surface area (Å²) < 4.78 is 0.868. The fourth-order valence-corrected chi connectivity index (χ4v) is 4.72. The molecule has 0 radical (unpaired) electrons. The Labute approximate surface area is 190 Å². The first-order valence-corrected chi connectivity index (χ1v) is 11.0. The van der Waals surface area contributed by atoms with E-state index in [4.69, 9.17) is 23.2 Å². The highest BCUT2D eigenvalue weighted by Crippen LogP contribution is 2.36. The maximum atomic E-state index is 12.3. The van der Waals surface area contributed by atoms with E-state index in [-0.39, 0.29) is 29.9 Å². The molecule has 2 aromatic carbocycles. The standard InChI is InChI=1S/C20H14BrCl2N3O2S/c21-12-3-1-2-11(4-12)16-8-18(27)26-20(17(16)9-24)29-10-19(28)25-15-6-13(22)5-14(23)7-15/h1-7,16H,8,10H2,(H,25,28)(H,26,27)/t16-/m1/s1. The van der Waals surface area contributed by atoms with Gasteiger partial charge in [0.15, 0.2) is 0 Å². The van der Waals surface area contributed by atoms with Gasteiger partial charge in [-0.3, -0.25) is 9.59 Å². The van der Waals surface area contributed by atoms with Gasteiger partial charge < -0.3 is 10.6 Å². The zero-order valence-electron chi connectivity index (χ0n) is 14.8. The zero-order valence-corrected chi connectivity index (χ0v) is 18.8. The molecule has 1 atom stereocenters. The van der Waals surface area contributed by atoms with Crippen LogP contribution in [-0.2, 0) is 9.59 Å². The molecule has 0 aromatic heterocycles. The van der Waals surface area contributed by atoms with Gasteiger partial charge in [-0.1, -0.05) is 63.0 Å². The second kappa shape index (κ2) is 9.68. The van der Waals surface area contributed by atoms with Crippen molar-refractivity contribution in [2.75, 3.05) is 11.1 Å². The average molecular weight is 511 g/mol. The number of allylic oxidation sites excluding steroid dienone is 1. The fourth-order valence-electron chi connectivity index (χ4n) is 2.90. The van der Waals surface area contributed by atoms with Crippen LogP contribution >= 0.6 is 50.9 Å². The molecule has 9 heteroatoms. The number of rotatable bonds is 5. The predicted octanol–water partition coefficient (Wildman–Crippen LogP) is 5.47. The van der Waals surface area contributed by atoms with Crippen LogP contribution < -0.4 is 10.6 Å². The smallest absolute Gasteiger partial charge is 0.234 e. The van der Waals surface area contributed by atoms with Gasteiger partial charge in [0.25, 0.3) is 0 Å². The molecule has 0 fully saturated rings. The van der Waals surface area contributed by atoms with E-state index in [9.17, 15) is 14.9 Å². The number of nitrogens with zero attached hydrogens (tertiary/aromatic N) is 1. The van der Waals surface area contributed by atoms with Gasteiger partial charge in [0.2, 0.25) is 11.8 Å². The summed E-state index contributed by atoms with van der Waals surface area (Å²) in [4.78, 5) is 24.5. The number of carbonyl (C=O) groups is 2. The lowest BCUT2D eigenvalue weighted by atomic mass is 9.87. The van der Waals surface area contributed by atoms with Crippen molar-refractivity contribution in [1.82, 2.24) is 5.32 Å². The molecule has 2 aromatic rings. The van der Waals surface area contributed by atoms with E-state index >= 15 is 0 Å². The number of nitrogens with one attached hydrogen (secondary N) is 2. The van der Waals surface area contributed by atoms with Gasteiger partial charge >= 0.3 is 0 Å². The molecule has 2 N–H and O–H groups in total. The first-order valence-electron chi connectivity index (χ1n) is 8.44. The SMILES string of the molecule is N#CC1=C(SCC(=O)Nc2cc(Cl)cc(Cl)c2)NC(=O)C[C@@H]1c1cccc(Br)c1. The Bertz CT molecular complexity index is 1030. The maximum Gasteiger partial charge on any atom is 0.234 e. The quantitative estimate of drug-likeness (QED) is 0.559. The number of nitriles is 1. The van der Waals surface area contributed by atoms with Gasteiger partial charge in [-0.15, -0.1) is 0 Å². The normalized spacial score (nSPS) is 16.2. The zero-order chi connectivity index (χ0) is 21.0. The third-order valence-electron chi connectivity index (χ3n) is 4.10. The number of thioether (sulfide) groups is 1. The summed E-state index contributed by atoms with van der Waals surface area (Å²) in [7, 11) is 0. The summed E-state index contributed by atoms with van der Waals surface area (Å²) in [6.07, 6.45) is 0.177. The van der Waals surface area contributed by atoms with Crippen molar-refractivity contribution in [3.05, 3.63) is 73.1 Å². The summed E-state index contributed by atoms with van der Waals surface area (Å²) in [5.74, 6) is -0.852. The topological polar surface area (TPSA) is 82.0 Å². The highest BCUT2D eigenvalue weighted by molar-refractivity contribution is 9.10. The number of amides is 2. The van der Waals surface area contributed by atoms with Crippen LogP contribution in [0.1, 0.15) is 17.9 Å². The van der Waals surface area contributed by atoms with Gasteiger partial charge in [0.05, 0.1) is 22.4 Å². The van der Waals surface area contributed by atoms with Gasteiger partial charge in [0, 0.05) is 32.5 Å². The van der Waals surface area contributed by atoms with E-state index in [0.29, 0.717) is 26.3 Å². The molecule has 0 bridgehead atoms. The molecule has 2 amide bonds. The molecule has 29 heavy (non-hydrogen) atoms. The van der Waals surface area contributed by atoms with Crippen molar-refractivity contribution in [3.63, 3.8) is 0 Å². The minimum Gasteiger partial charge on any atom is -0.325 e. The molecule has 0 spiro atoms. The highest BCUT2D eigenvalue weighted by Gasteiger charge is 2.30. The van der Waals surface area contributed by atoms with Gasteiger partial charge in [-0.05, 0) is 35.9 Å². The van der Waals surface area contributed by atoms with Gasteiger partial charge in [-0.25, -0.2) is 0 Å². The number of benzene rings is 2. The minimum absolute atomic E-state index is 0.0100. The third-order valence-corrected chi connectivity index (χ3v) is 6.05. The molecule has 0 unspecified atom stereocenters. The van der Waals surface area contributed by atoms with E-state index in [0.717, 1.165) is 21.8 Å². The fraction of sp³-hybridized carbons (Fsp3) is 0.150. The van der Waals surface area contributed by atoms with Crippen molar-refractivity contribution >= 4 is 68.4 Å². The van der Waals surface area contributed by atoms with Gasteiger partial charge in [0.1, 0.15) is 0 Å². The number of anilines is 1. The Morgan fingerprint density at radius 3 is 2.66 bits per heavy atom. The molecule has 1 heterocycles. The maximum absolute atomic E-state index is 12.3. The Hall–Kier alpha value is -1.98. The third kappa shape index (κ3) is 5.77. The van der Waals surface area contributed by atoms with Crippen molar-refractivity contribution in [1.29, 1.82) is 5.26 Å². The summed E-state index contributed by atoms with van der Waals surface area (Å²) in [5, 5.41) is 16.3.